The van der Waals surface area contributed by atoms with Crippen LogP contribution >= 0.6 is 0 Å². The predicted molar refractivity (Wildman–Crippen MR) is 117 cm³/mol. The number of nitrogens with zero attached hydrogens (tertiary/aromatic N) is 7. The summed E-state index contributed by atoms with van der Waals surface area (Å²) in [5, 5.41) is 8.38. The highest BCUT2D eigenvalue weighted by Crippen LogP contribution is 2.34. The Morgan fingerprint density at radius 1 is 1.11 bits per heavy atom. The van der Waals surface area contributed by atoms with Crippen molar-refractivity contribution in [3.63, 3.8) is 0 Å². The Morgan fingerprint density at radius 2 is 1.97 bits per heavy atom. The van der Waals surface area contributed by atoms with E-state index in [1.54, 1.807) is 6.20 Å². The van der Waals surface area contributed by atoms with E-state index in [0.717, 1.165) is 29.4 Å². The number of benzene rings is 1. The van der Waals surface area contributed by atoms with Crippen LogP contribution in [-0.2, 0) is 12.6 Å². The summed E-state index contributed by atoms with van der Waals surface area (Å²) in [4.78, 5) is 35.4. The number of carbonyl (C=O) groups is 1. The Morgan fingerprint density at radius 3 is 2.83 bits per heavy atom. The van der Waals surface area contributed by atoms with Crippen molar-refractivity contribution in [1.82, 2.24) is 40.0 Å². The van der Waals surface area contributed by atoms with Crippen molar-refractivity contribution in [3.8, 4) is 11.6 Å². The molecule has 4 aromatic heterocycles. The van der Waals surface area contributed by atoms with Crippen LogP contribution in [0, 0.1) is 0 Å². The van der Waals surface area contributed by atoms with Gasteiger partial charge in [0.2, 0.25) is 0 Å². The Hall–Kier alpha value is -4.68. The second kappa shape index (κ2) is 8.22. The fourth-order valence-corrected chi connectivity index (χ4v) is 4.15. The van der Waals surface area contributed by atoms with Crippen LogP contribution in [0.15, 0.2) is 59.5 Å². The molecule has 1 aliphatic rings. The Kier molecular flexibility index (Phi) is 4.98. The molecule has 6 rings (SSSR count). The number of para-hydroxylation sites is 1. The second-order valence-corrected chi connectivity index (χ2v) is 8.04. The van der Waals surface area contributed by atoms with Crippen LogP contribution in [0.2, 0.25) is 0 Å². The van der Waals surface area contributed by atoms with Crippen molar-refractivity contribution in [2.24, 2.45) is 0 Å². The first-order chi connectivity index (χ1) is 17.4. The van der Waals surface area contributed by atoms with Crippen molar-refractivity contribution in [1.29, 1.82) is 0 Å². The summed E-state index contributed by atoms with van der Waals surface area (Å²) >= 11 is 0. The Balaban J connectivity index is 1.36. The summed E-state index contributed by atoms with van der Waals surface area (Å²) in [6.07, 6.45) is 0.0943. The lowest BCUT2D eigenvalue weighted by Crippen LogP contribution is -2.41. The summed E-state index contributed by atoms with van der Waals surface area (Å²) in [5.41, 5.74) is 1.02. The van der Waals surface area contributed by atoms with E-state index in [2.05, 4.69) is 35.1 Å². The number of imidazole rings is 1. The van der Waals surface area contributed by atoms with Gasteiger partial charge in [0, 0.05) is 30.7 Å². The number of rotatable bonds is 3. The van der Waals surface area contributed by atoms with Crippen molar-refractivity contribution in [3.05, 3.63) is 83.8 Å². The minimum atomic E-state index is -4.57. The van der Waals surface area contributed by atoms with Crippen LogP contribution in [0.3, 0.4) is 0 Å². The molecule has 0 fully saturated rings. The molecule has 10 nitrogen and oxygen atoms in total. The quantitative estimate of drug-likeness (QED) is 0.405. The van der Waals surface area contributed by atoms with Gasteiger partial charge in [-0.2, -0.15) is 13.2 Å². The van der Waals surface area contributed by atoms with Gasteiger partial charge in [-0.05, 0) is 18.2 Å². The van der Waals surface area contributed by atoms with Gasteiger partial charge in [0.1, 0.15) is 11.7 Å². The molecule has 0 unspecified atom stereocenters. The maximum atomic E-state index is 13.5. The molecule has 13 heteroatoms. The Bertz CT molecular complexity index is 1600. The second-order valence-electron chi connectivity index (χ2n) is 8.04. The first-order valence-electron chi connectivity index (χ1n) is 10.8. The minimum Gasteiger partial charge on any atom is -0.411 e. The summed E-state index contributed by atoms with van der Waals surface area (Å²) in [6, 6.07) is 8.35. The van der Waals surface area contributed by atoms with E-state index in [-0.39, 0.29) is 18.1 Å². The first kappa shape index (κ1) is 21.8. The number of fused-ring (bicyclic) bond motifs is 2. The summed E-state index contributed by atoms with van der Waals surface area (Å²) in [6.45, 7) is 0.261. The molecule has 1 aromatic carbocycles. The lowest BCUT2D eigenvalue weighted by atomic mass is 10.0. The molecule has 5 aromatic rings. The summed E-state index contributed by atoms with van der Waals surface area (Å²) in [5.74, 6) is -0.950. The van der Waals surface area contributed by atoms with E-state index < -0.39 is 29.6 Å². The number of nitrogens with one attached hydrogen (secondary N) is 1. The third-order valence-electron chi connectivity index (χ3n) is 5.85. The molecule has 1 amide bonds. The van der Waals surface area contributed by atoms with Gasteiger partial charge in [-0.15, -0.1) is 10.2 Å². The summed E-state index contributed by atoms with van der Waals surface area (Å²) in [7, 11) is 0. The standard InChI is InChI=1S/C23H15F3N8O2/c24-23(25,26)13-5-7-27-16(9-13)20-32-33-21(36-20)22(35)34-8-6-15-17(30-11-29-15)18(34)19-28-10-12-3-1-2-4-14(12)31-19/h1-5,7,9-11,18H,6,8H2,(H,29,30)/t18-/m1/s1. The van der Waals surface area contributed by atoms with Gasteiger partial charge in [0.25, 0.3) is 5.89 Å². The summed E-state index contributed by atoms with van der Waals surface area (Å²) < 4.78 is 44.7. The first-order valence-corrected chi connectivity index (χ1v) is 10.8. The number of hydrogen-bond acceptors (Lipinski definition) is 8. The number of amides is 1. The normalized spacial score (nSPS) is 15.8. The van der Waals surface area contributed by atoms with Crippen molar-refractivity contribution < 1.29 is 22.4 Å². The van der Waals surface area contributed by atoms with Crippen molar-refractivity contribution >= 4 is 16.8 Å². The number of halogens is 3. The molecule has 0 saturated carbocycles. The third kappa shape index (κ3) is 3.74. The highest BCUT2D eigenvalue weighted by atomic mass is 19.4. The van der Waals surface area contributed by atoms with Crippen LogP contribution < -0.4 is 0 Å². The van der Waals surface area contributed by atoms with Gasteiger partial charge < -0.3 is 14.3 Å². The highest BCUT2D eigenvalue weighted by molar-refractivity contribution is 5.90. The molecule has 0 saturated heterocycles. The number of H-pyrrole nitrogens is 1. The van der Waals surface area contributed by atoms with Gasteiger partial charge in [-0.3, -0.25) is 9.78 Å². The maximum absolute atomic E-state index is 13.5. The molecular formula is C23H15F3N8O2. The average molecular weight is 492 g/mol. The third-order valence-corrected chi connectivity index (χ3v) is 5.85. The fourth-order valence-electron chi connectivity index (χ4n) is 4.15. The van der Waals surface area contributed by atoms with E-state index >= 15 is 0 Å². The number of hydrogen-bond donors (Lipinski definition) is 1. The van der Waals surface area contributed by atoms with E-state index in [1.807, 2.05) is 24.3 Å². The van der Waals surface area contributed by atoms with E-state index in [0.29, 0.717) is 23.5 Å². The molecule has 180 valence electrons. The molecular weight excluding hydrogens is 477 g/mol. The van der Waals surface area contributed by atoms with Crippen molar-refractivity contribution in [2.75, 3.05) is 6.54 Å². The molecule has 5 heterocycles. The molecule has 0 aliphatic carbocycles. The zero-order chi connectivity index (χ0) is 24.9. The molecule has 1 N–H and O–H groups in total. The lowest BCUT2D eigenvalue weighted by molar-refractivity contribution is -0.137. The Labute approximate surface area is 200 Å². The number of alkyl halides is 3. The van der Waals surface area contributed by atoms with Crippen LogP contribution in [0.5, 0.6) is 0 Å². The minimum absolute atomic E-state index is 0.194. The highest BCUT2D eigenvalue weighted by Gasteiger charge is 2.38. The average Bonchev–Trinajstić information content (AvgIpc) is 3.57. The van der Waals surface area contributed by atoms with E-state index in [9.17, 15) is 18.0 Å². The number of carbonyl (C=O) groups excluding carboxylic acids is 1. The van der Waals surface area contributed by atoms with Crippen LogP contribution in [0.4, 0.5) is 13.2 Å². The van der Waals surface area contributed by atoms with Crippen LogP contribution in [-0.4, -0.2) is 52.5 Å². The predicted octanol–water partition coefficient (Wildman–Crippen LogP) is 3.60. The van der Waals surface area contributed by atoms with Gasteiger partial charge in [0.15, 0.2) is 5.82 Å². The molecule has 0 bridgehead atoms. The molecule has 1 atom stereocenters. The number of aromatic nitrogens is 7. The zero-order valence-corrected chi connectivity index (χ0v) is 18.3. The van der Waals surface area contributed by atoms with Gasteiger partial charge in [-0.25, -0.2) is 15.0 Å². The van der Waals surface area contributed by atoms with E-state index in [4.69, 9.17) is 4.42 Å². The number of aromatic amines is 1. The van der Waals surface area contributed by atoms with Gasteiger partial charge in [0.05, 0.1) is 28.8 Å². The molecule has 0 spiro atoms. The van der Waals surface area contributed by atoms with E-state index in [1.165, 1.54) is 11.2 Å². The maximum Gasteiger partial charge on any atom is 0.416 e. The van der Waals surface area contributed by atoms with Crippen LogP contribution in [0.25, 0.3) is 22.5 Å². The topological polar surface area (TPSA) is 127 Å². The van der Waals surface area contributed by atoms with Gasteiger partial charge >= 0.3 is 18.0 Å². The van der Waals surface area contributed by atoms with Crippen molar-refractivity contribution in [2.45, 2.75) is 18.6 Å². The number of pyridine rings is 1. The monoisotopic (exact) mass is 492 g/mol. The zero-order valence-electron chi connectivity index (χ0n) is 18.3. The molecule has 36 heavy (non-hydrogen) atoms. The SMILES string of the molecule is O=C(c1nnc(-c2cc(C(F)(F)F)ccn2)o1)N1CCc2nc[nH]c2[C@@H]1c1ncc2ccccc2n1. The van der Waals surface area contributed by atoms with Gasteiger partial charge in [-0.1, -0.05) is 18.2 Å². The lowest BCUT2D eigenvalue weighted by Gasteiger charge is -2.33. The molecule has 1 aliphatic heterocycles. The fraction of sp³-hybridized carbons (Fsp3) is 0.174. The molecule has 0 radical (unpaired) electrons. The smallest absolute Gasteiger partial charge is 0.411 e. The largest absolute Gasteiger partial charge is 0.416 e. The van der Waals surface area contributed by atoms with Crippen LogP contribution in [0.1, 0.15) is 39.5 Å².